The van der Waals surface area contributed by atoms with Crippen LogP contribution in [0, 0.1) is 0 Å². The van der Waals surface area contributed by atoms with Gasteiger partial charge in [0, 0.05) is 19.0 Å². The van der Waals surface area contributed by atoms with Crippen LogP contribution in [0.2, 0.25) is 0 Å². The number of nitrogens with one attached hydrogen (secondary N) is 2. The van der Waals surface area contributed by atoms with Crippen molar-refractivity contribution >= 4 is 15.9 Å². The summed E-state index contributed by atoms with van der Waals surface area (Å²) in [5, 5.41) is 2.46. The van der Waals surface area contributed by atoms with Crippen molar-refractivity contribution in [3.8, 4) is 0 Å². The number of hydrogen-bond donors (Lipinski definition) is 2. The molecule has 0 bridgehead atoms. The highest BCUT2D eigenvalue weighted by atomic mass is 32.2. The highest BCUT2D eigenvalue weighted by Crippen LogP contribution is 2.34. The number of alkyl halides is 3. The fourth-order valence-electron chi connectivity index (χ4n) is 2.05. The van der Waals surface area contributed by atoms with E-state index in [1.54, 1.807) is 0 Å². The van der Waals surface area contributed by atoms with Gasteiger partial charge in [0.15, 0.2) is 0 Å². The molecule has 21 heavy (non-hydrogen) atoms. The Hall–Kier alpha value is -1.61. The Labute approximate surface area is 119 Å². The molecule has 1 saturated heterocycles. The summed E-state index contributed by atoms with van der Waals surface area (Å²) in [4.78, 5) is 10.2. The molecule has 1 aromatic rings. The minimum Gasteiger partial charge on any atom is -0.355 e. The van der Waals surface area contributed by atoms with Crippen molar-refractivity contribution in [2.75, 3.05) is 6.54 Å². The predicted molar refractivity (Wildman–Crippen MR) is 67.8 cm³/mol. The number of sulfonamides is 1. The second-order valence-corrected chi connectivity index (χ2v) is 6.34. The van der Waals surface area contributed by atoms with Crippen molar-refractivity contribution in [2.24, 2.45) is 0 Å². The van der Waals surface area contributed by atoms with Gasteiger partial charge in [0.25, 0.3) is 0 Å². The van der Waals surface area contributed by atoms with Gasteiger partial charge in [0.2, 0.25) is 15.9 Å². The first kappa shape index (κ1) is 15.8. The molecule has 116 valence electrons. The lowest BCUT2D eigenvalue weighted by molar-refractivity contribution is -0.139. The molecule has 0 spiro atoms. The van der Waals surface area contributed by atoms with E-state index in [4.69, 9.17) is 0 Å². The average molecular weight is 322 g/mol. The number of piperidine rings is 1. The van der Waals surface area contributed by atoms with Crippen LogP contribution in [-0.2, 0) is 21.0 Å². The third kappa shape index (κ3) is 3.73. The summed E-state index contributed by atoms with van der Waals surface area (Å²) < 4.78 is 65.0. The third-order valence-corrected chi connectivity index (χ3v) is 4.65. The zero-order chi connectivity index (χ0) is 15.7. The van der Waals surface area contributed by atoms with Crippen LogP contribution < -0.4 is 10.0 Å². The lowest BCUT2D eigenvalue weighted by Gasteiger charge is -2.24. The van der Waals surface area contributed by atoms with Crippen LogP contribution in [0.5, 0.6) is 0 Å². The SMILES string of the molecule is O=C1CCC(NS(=O)(=O)c2ccccc2C(F)(F)F)CN1. The third-order valence-electron chi connectivity index (χ3n) is 3.07. The zero-order valence-electron chi connectivity index (χ0n) is 10.8. The monoisotopic (exact) mass is 322 g/mol. The Bertz CT molecular complexity index is 633. The second-order valence-electron chi connectivity index (χ2n) is 4.65. The Morgan fingerprint density at radius 2 is 1.90 bits per heavy atom. The predicted octanol–water partition coefficient (Wildman–Crippen LogP) is 1.26. The normalized spacial score (nSPS) is 20.1. The topological polar surface area (TPSA) is 75.3 Å². The summed E-state index contributed by atoms with van der Waals surface area (Å²) in [6, 6.07) is 3.37. The molecule has 1 atom stereocenters. The molecule has 1 aromatic carbocycles. The first-order valence-electron chi connectivity index (χ1n) is 6.15. The molecule has 2 rings (SSSR count). The number of amides is 1. The molecule has 2 N–H and O–H groups in total. The van der Waals surface area contributed by atoms with Gasteiger partial charge in [0.05, 0.1) is 10.5 Å². The van der Waals surface area contributed by atoms with E-state index in [0.29, 0.717) is 0 Å². The summed E-state index contributed by atoms with van der Waals surface area (Å²) in [6.45, 7) is 0.0618. The average Bonchev–Trinajstić information content (AvgIpc) is 2.40. The maximum Gasteiger partial charge on any atom is 0.417 e. The highest BCUT2D eigenvalue weighted by molar-refractivity contribution is 7.89. The molecular weight excluding hydrogens is 309 g/mol. The number of carbonyl (C=O) groups is 1. The van der Waals surface area contributed by atoms with Crippen LogP contribution in [0.25, 0.3) is 0 Å². The minimum absolute atomic E-state index is 0.0618. The fourth-order valence-corrected chi connectivity index (χ4v) is 3.55. The molecule has 1 heterocycles. The molecule has 5 nitrogen and oxygen atoms in total. The van der Waals surface area contributed by atoms with Crippen molar-refractivity contribution in [2.45, 2.75) is 30.0 Å². The molecule has 9 heteroatoms. The van der Waals surface area contributed by atoms with Gasteiger partial charge in [-0.3, -0.25) is 4.79 Å². The molecular formula is C12H13F3N2O3S. The van der Waals surface area contributed by atoms with E-state index in [1.165, 1.54) is 6.07 Å². The van der Waals surface area contributed by atoms with Crippen molar-refractivity contribution in [1.29, 1.82) is 0 Å². The molecule has 0 radical (unpaired) electrons. The summed E-state index contributed by atoms with van der Waals surface area (Å²) in [5.74, 6) is -0.207. The fraction of sp³-hybridized carbons (Fsp3) is 0.417. The van der Waals surface area contributed by atoms with Crippen molar-refractivity contribution < 1.29 is 26.4 Å². The van der Waals surface area contributed by atoms with Crippen molar-refractivity contribution in [1.82, 2.24) is 10.0 Å². The maximum absolute atomic E-state index is 12.9. The molecule has 0 aliphatic carbocycles. The number of hydrogen-bond acceptors (Lipinski definition) is 3. The Balaban J connectivity index is 2.26. The van der Waals surface area contributed by atoms with E-state index in [9.17, 15) is 26.4 Å². The molecule has 1 fully saturated rings. The smallest absolute Gasteiger partial charge is 0.355 e. The number of halogens is 3. The van der Waals surface area contributed by atoms with Gasteiger partial charge in [-0.15, -0.1) is 0 Å². The van der Waals surface area contributed by atoms with E-state index in [-0.39, 0.29) is 25.3 Å². The highest BCUT2D eigenvalue weighted by Gasteiger charge is 2.37. The van der Waals surface area contributed by atoms with Crippen molar-refractivity contribution in [3.05, 3.63) is 29.8 Å². The Morgan fingerprint density at radius 3 is 2.48 bits per heavy atom. The summed E-state index contributed by atoms with van der Waals surface area (Å²) >= 11 is 0. The van der Waals surface area contributed by atoms with E-state index >= 15 is 0 Å². The molecule has 0 aromatic heterocycles. The lowest BCUT2D eigenvalue weighted by atomic mass is 10.1. The van der Waals surface area contributed by atoms with Crippen LogP contribution in [0.1, 0.15) is 18.4 Å². The van der Waals surface area contributed by atoms with E-state index in [1.807, 2.05) is 0 Å². The van der Waals surface area contributed by atoms with Crippen LogP contribution in [0.4, 0.5) is 13.2 Å². The summed E-state index contributed by atoms with van der Waals surface area (Å²) in [6.07, 6.45) is -4.38. The first-order valence-corrected chi connectivity index (χ1v) is 7.64. The molecule has 1 amide bonds. The Morgan fingerprint density at radius 1 is 1.24 bits per heavy atom. The zero-order valence-corrected chi connectivity index (χ0v) is 11.6. The van der Waals surface area contributed by atoms with Crippen LogP contribution in [0.15, 0.2) is 29.2 Å². The number of rotatable bonds is 3. The lowest BCUT2D eigenvalue weighted by Crippen LogP contribution is -2.47. The number of benzene rings is 1. The van der Waals surface area contributed by atoms with Gasteiger partial charge in [-0.1, -0.05) is 12.1 Å². The van der Waals surface area contributed by atoms with Crippen molar-refractivity contribution in [3.63, 3.8) is 0 Å². The summed E-state index contributed by atoms with van der Waals surface area (Å²) in [5.41, 5.74) is -1.21. The molecule has 0 saturated carbocycles. The van der Waals surface area contributed by atoms with Gasteiger partial charge >= 0.3 is 6.18 Å². The first-order chi connectivity index (χ1) is 9.70. The van der Waals surface area contributed by atoms with Gasteiger partial charge in [-0.2, -0.15) is 13.2 Å². The Kier molecular flexibility index (Phi) is 4.24. The molecule has 1 aliphatic rings. The van der Waals surface area contributed by atoms with Crippen LogP contribution in [0.3, 0.4) is 0 Å². The largest absolute Gasteiger partial charge is 0.417 e. The maximum atomic E-state index is 12.9. The van der Waals surface area contributed by atoms with E-state index < -0.39 is 32.7 Å². The van der Waals surface area contributed by atoms with Crippen LogP contribution in [-0.4, -0.2) is 26.9 Å². The minimum atomic E-state index is -4.76. The number of carbonyl (C=O) groups excluding carboxylic acids is 1. The summed E-state index contributed by atoms with van der Waals surface area (Å²) in [7, 11) is -4.31. The standard InChI is InChI=1S/C12H13F3N2O3S/c13-12(14,15)9-3-1-2-4-10(9)21(19,20)17-8-5-6-11(18)16-7-8/h1-4,8,17H,5-7H2,(H,16,18). The second kappa shape index (κ2) is 5.64. The van der Waals surface area contributed by atoms with E-state index in [0.717, 1.165) is 18.2 Å². The van der Waals surface area contributed by atoms with Gasteiger partial charge in [-0.05, 0) is 18.6 Å². The van der Waals surface area contributed by atoms with E-state index in [2.05, 4.69) is 10.0 Å². The quantitative estimate of drug-likeness (QED) is 0.880. The van der Waals surface area contributed by atoms with Gasteiger partial charge in [0.1, 0.15) is 0 Å². The van der Waals surface area contributed by atoms with Crippen LogP contribution >= 0.6 is 0 Å². The molecule has 1 aliphatic heterocycles. The van der Waals surface area contributed by atoms with Gasteiger partial charge in [-0.25, -0.2) is 13.1 Å². The molecule has 1 unspecified atom stereocenters. The van der Waals surface area contributed by atoms with Gasteiger partial charge < -0.3 is 5.32 Å².